The van der Waals surface area contributed by atoms with Gasteiger partial charge in [-0.1, -0.05) is 40.0 Å². The van der Waals surface area contributed by atoms with Crippen molar-refractivity contribution in [2.24, 2.45) is 11.8 Å². The van der Waals surface area contributed by atoms with Crippen LogP contribution >= 0.6 is 0 Å². The Morgan fingerprint density at radius 2 is 1.50 bits per heavy atom. The van der Waals surface area contributed by atoms with Gasteiger partial charge in [-0.15, -0.1) is 0 Å². The van der Waals surface area contributed by atoms with E-state index in [4.69, 9.17) is 5.11 Å². The summed E-state index contributed by atoms with van der Waals surface area (Å²) in [7, 11) is 0. The molecule has 74 valence electrons. The number of hydrogen-bond donors (Lipinski definition) is 1. The fourth-order valence-corrected chi connectivity index (χ4v) is 1.37. The van der Waals surface area contributed by atoms with Gasteiger partial charge in [0.25, 0.3) is 0 Å². The second kappa shape index (κ2) is 7.60. The quantitative estimate of drug-likeness (QED) is 0.644. The van der Waals surface area contributed by atoms with Crippen molar-refractivity contribution in [3.05, 3.63) is 0 Å². The number of aliphatic hydroxyl groups excluding tert-OH is 1. The lowest BCUT2D eigenvalue weighted by Gasteiger charge is -2.18. The fraction of sp³-hybridized carbons (Fsp3) is 1.00. The summed E-state index contributed by atoms with van der Waals surface area (Å²) in [5.74, 6) is 1.48. The average Bonchev–Trinajstić information content (AvgIpc) is 2.05. The molecule has 0 atom stereocenters. The lowest BCUT2D eigenvalue weighted by molar-refractivity contribution is 0.190. The standard InChI is InChI=1S/C7H14O.C4H10/c8-6-7-4-2-1-3-5-7;1-4(2)3/h7-8H,1-6H2;4H,1-3H3. The third-order valence-corrected chi connectivity index (χ3v) is 1.98. The lowest BCUT2D eigenvalue weighted by atomic mass is 9.90. The van der Waals surface area contributed by atoms with Crippen molar-refractivity contribution in [2.75, 3.05) is 6.61 Å². The van der Waals surface area contributed by atoms with E-state index in [-0.39, 0.29) is 0 Å². The Bertz CT molecular complexity index is 80.3. The fourth-order valence-electron chi connectivity index (χ4n) is 1.37. The maximum atomic E-state index is 8.69. The minimum atomic E-state index is 0.417. The molecule has 1 rings (SSSR count). The zero-order valence-electron chi connectivity index (χ0n) is 8.84. The molecule has 0 aromatic heterocycles. The van der Waals surface area contributed by atoms with E-state index in [1.807, 2.05) is 0 Å². The van der Waals surface area contributed by atoms with Crippen LogP contribution in [0.5, 0.6) is 0 Å². The average molecular weight is 172 g/mol. The zero-order chi connectivity index (χ0) is 9.40. The molecule has 1 N–H and O–H groups in total. The Morgan fingerprint density at radius 3 is 1.75 bits per heavy atom. The Balaban J connectivity index is 0.000000261. The van der Waals surface area contributed by atoms with Crippen molar-refractivity contribution in [1.82, 2.24) is 0 Å². The first-order chi connectivity index (χ1) is 5.66. The summed E-state index contributed by atoms with van der Waals surface area (Å²) in [5, 5.41) is 8.69. The molecule has 0 amide bonds. The Morgan fingerprint density at radius 1 is 1.08 bits per heavy atom. The van der Waals surface area contributed by atoms with Crippen LogP contribution in [0, 0.1) is 11.8 Å². The molecule has 0 heterocycles. The third-order valence-electron chi connectivity index (χ3n) is 1.98. The zero-order valence-corrected chi connectivity index (χ0v) is 8.84. The van der Waals surface area contributed by atoms with Gasteiger partial charge in [-0.3, -0.25) is 0 Å². The first-order valence-corrected chi connectivity index (χ1v) is 5.27. The summed E-state index contributed by atoms with van der Waals surface area (Å²) >= 11 is 0. The first kappa shape index (κ1) is 12.0. The van der Waals surface area contributed by atoms with Crippen molar-refractivity contribution in [3.63, 3.8) is 0 Å². The summed E-state index contributed by atoms with van der Waals surface area (Å²) in [6.45, 7) is 6.92. The van der Waals surface area contributed by atoms with Gasteiger partial charge in [-0.2, -0.15) is 0 Å². The molecule has 12 heavy (non-hydrogen) atoms. The molecular formula is C11H24O. The highest BCUT2D eigenvalue weighted by Crippen LogP contribution is 2.22. The Hall–Kier alpha value is -0.0400. The van der Waals surface area contributed by atoms with E-state index in [2.05, 4.69) is 20.8 Å². The monoisotopic (exact) mass is 172 g/mol. The van der Waals surface area contributed by atoms with Crippen LogP contribution in [0.25, 0.3) is 0 Å². The second-order valence-corrected chi connectivity index (χ2v) is 4.42. The minimum Gasteiger partial charge on any atom is -0.396 e. The molecule has 0 saturated heterocycles. The molecule has 1 saturated carbocycles. The third kappa shape index (κ3) is 8.06. The molecule has 1 fully saturated rings. The van der Waals surface area contributed by atoms with E-state index in [9.17, 15) is 0 Å². The molecule has 0 bridgehead atoms. The molecule has 0 aliphatic heterocycles. The van der Waals surface area contributed by atoms with Gasteiger partial charge < -0.3 is 5.11 Å². The van der Waals surface area contributed by atoms with Gasteiger partial charge in [-0.25, -0.2) is 0 Å². The number of hydrogen-bond acceptors (Lipinski definition) is 1. The van der Waals surface area contributed by atoms with Gasteiger partial charge in [0.05, 0.1) is 0 Å². The summed E-state index contributed by atoms with van der Waals surface area (Å²) in [6.07, 6.45) is 6.58. The minimum absolute atomic E-state index is 0.417. The SMILES string of the molecule is CC(C)C.OCC1CCCCC1. The normalized spacial score (nSPS) is 18.8. The molecule has 0 spiro atoms. The highest BCUT2D eigenvalue weighted by molar-refractivity contribution is 4.63. The first-order valence-electron chi connectivity index (χ1n) is 5.27. The van der Waals surface area contributed by atoms with Crippen molar-refractivity contribution in [3.8, 4) is 0 Å². The summed E-state index contributed by atoms with van der Waals surface area (Å²) in [4.78, 5) is 0. The van der Waals surface area contributed by atoms with E-state index in [0.717, 1.165) is 5.92 Å². The van der Waals surface area contributed by atoms with Crippen LogP contribution in [-0.4, -0.2) is 11.7 Å². The van der Waals surface area contributed by atoms with E-state index in [0.29, 0.717) is 12.5 Å². The van der Waals surface area contributed by atoms with E-state index in [1.54, 1.807) is 0 Å². The van der Waals surface area contributed by atoms with E-state index in [1.165, 1.54) is 32.1 Å². The number of aliphatic hydroxyl groups is 1. The maximum absolute atomic E-state index is 8.69. The molecule has 0 aromatic carbocycles. The molecule has 1 aliphatic carbocycles. The van der Waals surface area contributed by atoms with Gasteiger partial charge >= 0.3 is 0 Å². The lowest BCUT2D eigenvalue weighted by Crippen LogP contribution is -2.09. The van der Waals surface area contributed by atoms with Gasteiger partial charge in [0.1, 0.15) is 0 Å². The predicted molar refractivity (Wildman–Crippen MR) is 54.2 cm³/mol. The maximum Gasteiger partial charge on any atom is 0.0459 e. The van der Waals surface area contributed by atoms with Crippen LogP contribution in [0.15, 0.2) is 0 Å². The van der Waals surface area contributed by atoms with E-state index >= 15 is 0 Å². The van der Waals surface area contributed by atoms with Crippen molar-refractivity contribution < 1.29 is 5.11 Å². The van der Waals surface area contributed by atoms with Crippen molar-refractivity contribution >= 4 is 0 Å². The van der Waals surface area contributed by atoms with Crippen LogP contribution < -0.4 is 0 Å². The predicted octanol–water partition coefficient (Wildman–Crippen LogP) is 3.22. The summed E-state index contributed by atoms with van der Waals surface area (Å²) < 4.78 is 0. The van der Waals surface area contributed by atoms with Gasteiger partial charge in [0.15, 0.2) is 0 Å². The summed E-state index contributed by atoms with van der Waals surface area (Å²) in [5.41, 5.74) is 0. The molecular weight excluding hydrogens is 148 g/mol. The highest BCUT2D eigenvalue weighted by atomic mass is 16.3. The Labute approximate surface area is 77.2 Å². The van der Waals surface area contributed by atoms with Crippen molar-refractivity contribution in [1.29, 1.82) is 0 Å². The van der Waals surface area contributed by atoms with Crippen LogP contribution in [0.4, 0.5) is 0 Å². The van der Waals surface area contributed by atoms with E-state index < -0.39 is 0 Å². The van der Waals surface area contributed by atoms with Gasteiger partial charge in [0, 0.05) is 6.61 Å². The largest absolute Gasteiger partial charge is 0.396 e. The van der Waals surface area contributed by atoms with Crippen LogP contribution in [-0.2, 0) is 0 Å². The van der Waals surface area contributed by atoms with Crippen molar-refractivity contribution in [2.45, 2.75) is 52.9 Å². The molecule has 0 radical (unpaired) electrons. The second-order valence-electron chi connectivity index (χ2n) is 4.42. The van der Waals surface area contributed by atoms with Crippen LogP contribution in [0.2, 0.25) is 0 Å². The van der Waals surface area contributed by atoms with Crippen LogP contribution in [0.1, 0.15) is 52.9 Å². The van der Waals surface area contributed by atoms with Gasteiger partial charge in [-0.05, 0) is 24.7 Å². The highest BCUT2D eigenvalue weighted by Gasteiger charge is 2.10. The van der Waals surface area contributed by atoms with Crippen LogP contribution in [0.3, 0.4) is 0 Å². The topological polar surface area (TPSA) is 20.2 Å². The van der Waals surface area contributed by atoms with Gasteiger partial charge in [0.2, 0.25) is 0 Å². The Kier molecular flexibility index (Phi) is 7.58. The molecule has 1 aliphatic rings. The smallest absolute Gasteiger partial charge is 0.0459 e. The molecule has 0 aromatic rings. The molecule has 1 heteroatoms. The molecule has 1 nitrogen and oxygen atoms in total. The number of rotatable bonds is 1. The summed E-state index contributed by atoms with van der Waals surface area (Å²) in [6, 6.07) is 0. The molecule has 0 unspecified atom stereocenters.